The first-order chi connectivity index (χ1) is 13.1. The molecule has 1 aromatic carbocycles. The maximum absolute atomic E-state index is 15.2. The molecule has 3 aliphatic heterocycles. The lowest BCUT2D eigenvalue weighted by Crippen LogP contribution is -2.56. The summed E-state index contributed by atoms with van der Waals surface area (Å²) in [6.45, 7) is 5.49. The van der Waals surface area contributed by atoms with Crippen molar-refractivity contribution in [2.45, 2.75) is 50.2 Å². The number of piperidine rings is 1. The zero-order valence-corrected chi connectivity index (χ0v) is 17.6. The quantitative estimate of drug-likeness (QED) is 0.505. The highest BCUT2D eigenvalue weighted by Crippen LogP contribution is 2.43. The Kier molecular flexibility index (Phi) is 4.57. The number of anilines is 1. The largest absolute Gasteiger partial charge is 0.373 e. The van der Waals surface area contributed by atoms with E-state index in [1.807, 2.05) is 0 Å². The van der Waals surface area contributed by atoms with Gasteiger partial charge in [0.2, 0.25) is 0 Å². The van der Waals surface area contributed by atoms with Gasteiger partial charge >= 0.3 is 0 Å². The molecule has 2 saturated heterocycles. The molecule has 1 spiro atoms. The number of thioether (sulfide) groups is 1. The van der Waals surface area contributed by atoms with Gasteiger partial charge in [-0.1, -0.05) is 18.7 Å². The molecule has 0 saturated carbocycles. The number of benzene rings is 1. The van der Waals surface area contributed by atoms with Crippen molar-refractivity contribution in [1.82, 2.24) is 9.97 Å². The summed E-state index contributed by atoms with van der Waals surface area (Å²) < 4.78 is 27.3. The zero-order valence-electron chi connectivity index (χ0n) is 15.2. The SMILES string of the molecule is CCSc1nc(N2CCCC3(CCO3)C2)c2c3c(c(Br)c(F)c2n1)COC3. The minimum Gasteiger partial charge on any atom is -0.373 e. The average molecular weight is 454 g/mol. The highest BCUT2D eigenvalue weighted by molar-refractivity contribution is 9.10. The molecule has 1 atom stereocenters. The standard InChI is InChI=1S/C19H21BrFN3O2S/c1-2-27-18-22-16-13(11-8-25-9-12(11)14(20)15(16)21)17(23-18)24-6-3-4-19(10-24)5-7-26-19/h2-10H2,1H3. The second-order valence-electron chi connectivity index (χ2n) is 7.37. The van der Waals surface area contributed by atoms with Crippen LogP contribution in [0.2, 0.25) is 0 Å². The first-order valence-corrected chi connectivity index (χ1v) is 11.2. The first kappa shape index (κ1) is 18.1. The zero-order chi connectivity index (χ0) is 18.6. The Bertz CT molecular complexity index is 922. The van der Waals surface area contributed by atoms with Gasteiger partial charge in [0.1, 0.15) is 11.3 Å². The number of hydrogen-bond donors (Lipinski definition) is 0. The Morgan fingerprint density at radius 2 is 2.07 bits per heavy atom. The fourth-order valence-electron chi connectivity index (χ4n) is 4.36. The van der Waals surface area contributed by atoms with Gasteiger partial charge in [-0.15, -0.1) is 0 Å². The minimum atomic E-state index is -0.317. The Balaban J connectivity index is 1.72. The summed E-state index contributed by atoms with van der Waals surface area (Å²) in [5, 5.41) is 1.43. The van der Waals surface area contributed by atoms with Crippen molar-refractivity contribution in [2.24, 2.45) is 0 Å². The molecule has 144 valence electrons. The monoisotopic (exact) mass is 453 g/mol. The van der Waals surface area contributed by atoms with Crippen LogP contribution in [-0.2, 0) is 22.7 Å². The normalized spacial score (nSPS) is 24.5. The Morgan fingerprint density at radius 3 is 2.81 bits per heavy atom. The Morgan fingerprint density at radius 1 is 1.26 bits per heavy atom. The van der Waals surface area contributed by atoms with Crippen LogP contribution >= 0.6 is 27.7 Å². The number of nitrogens with zero attached hydrogens (tertiary/aromatic N) is 3. The minimum absolute atomic E-state index is 0.0544. The lowest BCUT2D eigenvalue weighted by molar-refractivity contribution is -0.151. The van der Waals surface area contributed by atoms with Crippen LogP contribution in [0, 0.1) is 5.82 Å². The van der Waals surface area contributed by atoms with Crippen molar-refractivity contribution >= 4 is 44.4 Å². The number of rotatable bonds is 3. The molecule has 0 aliphatic carbocycles. The molecule has 5 nitrogen and oxygen atoms in total. The molecule has 5 rings (SSSR count). The molecule has 8 heteroatoms. The summed E-state index contributed by atoms with van der Waals surface area (Å²) in [7, 11) is 0. The van der Waals surface area contributed by atoms with Crippen LogP contribution in [0.3, 0.4) is 0 Å². The molecule has 0 radical (unpaired) electrons. The molecular weight excluding hydrogens is 433 g/mol. The van der Waals surface area contributed by atoms with Gasteiger partial charge in [-0.05, 0) is 40.1 Å². The van der Waals surface area contributed by atoms with E-state index < -0.39 is 0 Å². The van der Waals surface area contributed by atoms with E-state index >= 15 is 4.39 Å². The summed E-state index contributed by atoms with van der Waals surface area (Å²) >= 11 is 4.96. The van der Waals surface area contributed by atoms with E-state index in [1.165, 1.54) is 0 Å². The number of ether oxygens (including phenoxy) is 2. The second kappa shape index (κ2) is 6.83. The fourth-order valence-corrected chi connectivity index (χ4v) is 5.47. The molecule has 0 bridgehead atoms. The van der Waals surface area contributed by atoms with E-state index in [0.29, 0.717) is 28.4 Å². The molecule has 3 aliphatic rings. The van der Waals surface area contributed by atoms with E-state index in [1.54, 1.807) is 11.8 Å². The molecule has 2 aromatic rings. The van der Waals surface area contributed by atoms with Crippen LogP contribution in [0.1, 0.15) is 37.3 Å². The number of halogens is 2. The summed E-state index contributed by atoms with van der Waals surface area (Å²) in [4.78, 5) is 11.7. The second-order valence-corrected chi connectivity index (χ2v) is 9.40. The molecule has 0 N–H and O–H groups in total. The van der Waals surface area contributed by atoms with E-state index in [0.717, 1.165) is 67.0 Å². The number of fused-ring (bicyclic) bond motifs is 3. The van der Waals surface area contributed by atoms with Crippen LogP contribution in [-0.4, -0.2) is 41.0 Å². The summed E-state index contributed by atoms with van der Waals surface area (Å²) in [6, 6.07) is 0. The van der Waals surface area contributed by atoms with Gasteiger partial charge < -0.3 is 14.4 Å². The van der Waals surface area contributed by atoms with Crippen LogP contribution in [0.25, 0.3) is 10.9 Å². The van der Waals surface area contributed by atoms with Crippen molar-refractivity contribution in [1.29, 1.82) is 0 Å². The van der Waals surface area contributed by atoms with E-state index in [9.17, 15) is 0 Å². The van der Waals surface area contributed by atoms with Gasteiger partial charge in [-0.25, -0.2) is 14.4 Å². The molecule has 27 heavy (non-hydrogen) atoms. The molecule has 2 fully saturated rings. The Labute approximate surface area is 170 Å². The third-order valence-electron chi connectivity index (χ3n) is 5.77. The number of aromatic nitrogens is 2. The highest BCUT2D eigenvalue weighted by Gasteiger charge is 2.43. The summed E-state index contributed by atoms with van der Waals surface area (Å²) in [5.74, 6) is 1.36. The maximum atomic E-state index is 15.2. The van der Waals surface area contributed by atoms with Gasteiger partial charge in [0.05, 0.1) is 35.3 Å². The summed E-state index contributed by atoms with van der Waals surface area (Å²) in [5.41, 5.74) is 2.23. The van der Waals surface area contributed by atoms with E-state index in [-0.39, 0.29) is 11.4 Å². The maximum Gasteiger partial charge on any atom is 0.190 e. The lowest BCUT2D eigenvalue weighted by Gasteiger charge is -2.49. The molecular formula is C19H21BrFN3O2S. The van der Waals surface area contributed by atoms with Crippen molar-refractivity contribution in [2.75, 3.05) is 30.3 Å². The molecule has 1 aromatic heterocycles. The fraction of sp³-hybridized carbons (Fsp3) is 0.579. The molecule has 0 amide bonds. The number of hydrogen-bond acceptors (Lipinski definition) is 6. The lowest BCUT2D eigenvalue weighted by atomic mass is 9.85. The predicted octanol–water partition coefficient (Wildman–Crippen LogP) is 4.43. The highest BCUT2D eigenvalue weighted by atomic mass is 79.9. The Hall–Kier alpha value is -0.960. The van der Waals surface area contributed by atoms with Crippen LogP contribution in [0.5, 0.6) is 0 Å². The van der Waals surface area contributed by atoms with Gasteiger partial charge in [0.15, 0.2) is 11.0 Å². The summed E-state index contributed by atoms with van der Waals surface area (Å²) in [6.07, 6.45) is 3.23. The van der Waals surface area contributed by atoms with Gasteiger partial charge in [-0.2, -0.15) is 0 Å². The first-order valence-electron chi connectivity index (χ1n) is 9.42. The van der Waals surface area contributed by atoms with Crippen molar-refractivity contribution in [3.05, 3.63) is 21.4 Å². The van der Waals surface area contributed by atoms with Gasteiger partial charge in [0.25, 0.3) is 0 Å². The predicted molar refractivity (Wildman–Crippen MR) is 107 cm³/mol. The van der Waals surface area contributed by atoms with Crippen LogP contribution in [0.15, 0.2) is 9.63 Å². The topological polar surface area (TPSA) is 47.5 Å². The van der Waals surface area contributed by atoms with Gasteiger partial charge in [-0.3, -0.25) is 0 Å². The average Bonchev–Trinajstić information content (AvgIpc) is 3.14. The van der Waals surface area contributed by atoms with E-state index in [2.05, 4.69) is 32.7 Å². The van der Waals surface area contributed by atoms with Crippen LogP contribution in [0.4, 0.5) is 10.2 Å². The van der Waals surface area contributed by atoms with Crippen molar-refractivity contribution in [3.63, 3.8) is 0 Å². The van der Waals surface area contributed by atoms with Crippen molar-refractivity contribution in [3.8, 4) is 0 Å². The third-order valence-corrected chi connectivity index (χ3v) is 7.33. The van der Waals surface area contributed by atoms with Crippen molar-refractivity contribution < 1.29 is 13.9 Å². The molecule has 4 heterocycles. The smallest absolute Gasteiger partial charge is 0.190 e. The third kappa shape index (κ3) is 2.87. The molecule has 1 unspecified atom stereocenters. The van der Waals surface area contributed by atoms with Crippen LogP contribution < -0.4 is 4.90 Å². The van der Waals surface area contributed by atoms with Gasteiger partial charge in [0, 0.05) is 25.1 Å². The van der Waals surface area contributed by atoms with E-state index in [4.69, 9.17) is 14.5 Å².